The molecule has 1 N–H and O–H groups in total. The van der Waals surface area contributed by atoms with Crippen molar-refractivity contribution in [3.05, 3.63) is 0 Å². The van der Waals surface area contributed by atoms with E-state index in [-0.39, 0.29) is 0 Å². The predicted octanol–water partition coefficient (Wildman–Crippen LogP) is 2.10. The molecule has 0 radical (unpaired) electrons. The minimum absolute atomic E-state index is 0.332. The molecular weight excluding hydrogens is 222 g/mol. The molecule has 5 nitrogen and oxygen atoms in total. The van der Waals surface area contributed by atoms with Gasteiger partial charge in [0.1, 0.15) is 11.6 Å². The molecular formula is C12H23NO4. The lowest BCUT2D eigenvalue weighted by atomic mass is 10.0. The summed E-state index contributed by atoms with van der Waals surface area (Å²) in [6, 6.07) is -0.484. The largest absolute Gasteiger partial charge is 0.516 e. The molecule has 100 valence electrons. The molecule has 0 saturated carbocycles. The van der Waals surface area contributed by atoms with Crippen molar-refractivity contribution >= 4 is 12.1 Å². The molecule has 0 bridgehead atoms. The second-order valence-corrected chi connectivity index (χ2v) is 5.36. The lowest BCUT2D eigenvalue weighted by Gasteiger charge is -2.20. The van der Waals surface area contributed by atoms with Crippen molar-refractivity contribution in [1.29, 1.82) is 0 Å². The third-order valence-corrected chi connectivity index (χ3v) is 1.91. The second kappa shape index (κ2) is 6.59. The Hall–Kier alpha value is -1.10. The highest BCUT2D eigenvalue weighted by atomic mass is 16.7. The smallest absolute Gasteiger partial charge is 0.428 e. The van der Waals surface area contributed by atoms with Crippen molar-refractivity contribution in [3.63, 3.8) is 0 Å². The van der Waals surface area contributed by atoms with Gasteiger partial charge in [-0.05, 0) is 40.2 Å². The summed E-state index contributed by atoms with van der Waals surface area (Å²) in [5, 5.41) is 2.82. The first kappa shape index (κ1) is 15.9. The van der Waals surface area contributed by atoms with Gasteiger partial charge in [-0.1, -0.05) is 13.8 Å². The Morgan fingerprint density at radius 2 is 1.76 bits per heavy atom. The third-order valence-electron chi connectivity index (χ3n) is 1.91. The fourth-order valence-electron chi connectivity index (χ4n) is 1.23. The molecule has 5 heteroatoms. The number of esters is 1. The van der Waals surface area contributed by atoms with E-state index in [9.17, 15) is 9.59 Å². The van der Waals surface area contributed by atoms with Crippen LogP contribution < -0.4 is 5.32 Å². The molecule has 0 heterocycles. The number of hydrogen-bond donors (Lipinski definition) is 1. The SMILES string of the molecule is CN[C@H](CC(C)C)C(=O)OC(=O)OC(C)(C)C. The maximum Gasteiger partial charge on any atom is 0.516 e. The standard InChI is InChI=1S/C12H23NO4/c1-8(2)7-9(13-6)10(14)16-11(15)17-12(3,4)5/h8-9,13H,7H2,1-6H3/t9-/m1/s1. The Morgan fingerprint density at radius 1 is 1.24 bits per heavy atom. The molecule has 0 aromatic heterocycles. The molecule has 0 rings (SSSR count). The molecule has 0 aliphatic heterocycles. The van der Waals surface area contributed by atoms with Gasteiger partial charge in [-0.25, -0.2) is 9.59 Å². The zero-order valence-corrected chi connectivity index (χ0v) is 11.5. The summed E-state index contributed by atoms with van der Waals surface area (Å²) in [6.07, 6.45) is -0.343. The molecule has 0 aromatic carbocycles. The average Bonchev–Trinajstić information content (AvgIpc) is 2.10. The molecule has 0 unspecified atom stereocenters. The minimum Gasteiger partial charge on any atom is -0.428 e. The van der Waals surface area contributed by atoms with Gasteiger partial charge in [0.25, 0.3) is 0 Å². The first-order valence-electron chi connectivity index (χ1n) is 5.77. The molecule has 0 saturated heterocycles. The summed E-state index contributed by atoms with van der Waals surface area (Å²) in [7, 11) is 1.66. The van der Waals surface area contributed by atoms with Crippen LogP contribution in [-0.2, 0) is 14.3 Å². The van der Waals surface area contributed by atoms with E-state index in [1.807, 2.05) is 13.8 Å². The van der Waals surface area contributed by atoms with Crippen LogP contribution in [0.2, 0.25) is 0 Å². The quantitative estimate of drug-likeness (QED) is 0.607. The monoisotopic (exact) mass is 245 g/mol. The van der Waals surface area contributed by atoms with Gasteiger partial charge in [0.05, 0.1) is 0 Å². The van der Waals surface area contributed by atoms with Gasteiger partial charge in [0, 0.05) is 0 Å². The summed E-state index contributed by atoms with van der Waals surface area (Å²) in [6.45, 7) is 9.11. The van der Waals surface area contributed by atoms with E-state index >= 15 is 0 Å². The third kappa shape index (κ3) is 7.74. The maximum absolute atomic E-state index is 11.6. The Labute approximate surface area is 103 Å². The van der Waals surface area contributed by atoms with E-state index in [2.05, 4.69) is 10.1 Å². The molecule has 0 aliphatic rings. The summed E-state index contributed by atoms with van der Waals surface area (Å²) in [4.78, 5) is 22.9. The normalized spacial score (nSPS) is 13.4. The molecule has 0 amide bonds. The Bertz CT molecular complexity index is 268. The highest BCUT2D eigenvalue weighted by Crippen LogP contribution is 2.10. The molecule has 1 atom stereocenters. The van der Waals surface area contributed by atoms with Gasteiger partial charge in [-0.15, -0.1) is 0 Å². The molecule has 0 aromatic rings. The fraction of sp³-hybridized carbons (Fsp3) is 0.833. The van der Waals surface area contributed by atoms with Crippen LogP contribution in [0.1, 0.15) is 41.0 Å². The van der Waals surface area contributed by atoms with Crippen LogP contribution in [0.5, 0.6) is 0 Å². The van der Waals surface area contributed by atoms with Crippen molar-refractivity contribution < 1.29 is 19.1 Å². The number of rotatable bonds is 4. The second-order valence-electron chi connectivity index (χ2n) is 5.36. The minimum atomic E-state index is -0.952. The van der Waals surface area contributed by atoms with Gasteiger partial charge in [-0.3, -0.25) is 0 Å². The summed E-state index contributed by atoms with van der Waals surface area (Å²) in [5.74, 6) is -0.269. The fourth-order valence-corrected chi connectivity index (χ4v) is 1.23. The number of nitrogens with one attached hydrogen (secondary N) is 1. The first-order chi connectivity index (χ1) is 7.65. The highest BCUT2D eigenvalue weighted by Gasteiger charge is 2.25. The van der Waals surface area contributed by atoms with E-state index in [0.717, 1.165) is 0 Å². The van der Waals surface area contributed by atoms with Gasteiger partial charge >= 0.3 is 12.1 Å². The molecule has 17 heavy (non-hydrogen) atoms. The van der Waals surface area contributed by atoms with E-state index in [4.69, 9.17) is 4.74 Å². The molecule has 0 spiro atoms. The summed E-state index contributed by atoms with van der Waals surface area (Å²) in [5.41, 5.74) is -0.662. The van der Waals surface area contributed by atoms with E-state index in [1.54, 1.807) is 27.8 Å². The van der Waals surface area contributed by atoms with E-state index in [0.29, 0.717) is 12.3 Å². The van der Waals surface area contributed by atoms with Gasteiger partial charge < -0.3 is 14.8 Å². The van der Waals surface area contributed by atoms with E-state index in [1.165, 1.54) is 0 Å². The van der Waals surface area contributed by atoms with Crippen LogP contribution >= 0.6 is 0 Å². The van der Waals surface area contributed by atoms with Crippen molar-refractivity contribution in [2.45, 2.75) is 52.7 Å². The number of carbonyl (C=O) groups is 2. The Kier molecular flexibility index (Phi) is 6.16. The van der Waals surface area contributed by atoms with Gasteiger partial charge in [0.15, 0.2) is 0 Å². The van der Waals surface area contributed by atoms with Crippen molar-refractivity contribution in [1.82, 2.24) is 5.32 Å². The topological polar surface area (TPSA) is 64.6 Å². The first-order valence-corrected chi connectivity index (χ1v) is 5.77. The predicted molar refractivity (Wildman–Crippen MR) is 64.6 cm³/mol. The van der Waals surface area contributed by atoms with Crippen LogP contribution in [0.15, 0.2) is 0 Å². The zero-order valence-electron chi connectivity index (χ0n) is 11.5. The van der Waals surface area contributed by atoms with E-state index < -0.39 is 23.8 Å². The van der Waals surface area contributed by atoms with Crippen LogP contribution in [0.4, 0.5) is 4.79 Å². The number of likely N-dealkylation sites (N-methyl/N-ethyl adjacent to an activating group) is 1. The number of ether oxygens (including phenoxy) is 2. The molecule has 0 aliphatic carbocycles. The molecule has 0 fully saturated rings. The van der Waals surface area contributed by atoms with Crippen LogP contribution in [-0.4, -0.2) is 30.8 Å². The summed E-state index contributed by atoms with van der Waals surface area (Å²) >= 11 is 0. The van der Waals surface area contributed by atoms with Crippen molar-refractivity contribution in [2.24, 2.45) is 5.92 Å². The van der Waals surface area contributed by atoms with Crippen molar-refractivity contribution in [2.75, 3.05) is 7.05 Å². The van der Waals surface area contributed by atoms with Crippen LogP contribution in [0.25, 0.3) is 0 Å². The van der Waals surface area contributed by atoms with Crippen LogP contribution in [0, 0.1) is 5.92 Å². The lowest BCUT2D eigenvalue weighted by Crippen LogP contribution is -2.38. The van der Waals surface area contributed by atoms with Crippen molar-refractivity contribution in [3.8, 4) is 0 Å². The highest BCUT2D eigenvalue weighted by molar-refractivity contribution is 5.85. The lowest BCUT2D eigenvalue weighted by molar-refractivity contribution is -0.144. The van der Waals surface area contributed by atoms with Gasteiger partial charge in [0.2, 0.25) is 0 Å². The van der Waals surface area contributed by atoms with Crippen LogP contribution in [0.3, 0.4) is 0 Å². The zero-order chi connectivity index (χ0) is 13.6. The Morgan fingerprint density at radius 3 is 2.12 bits per heavy atom. The Balaban J connectivity index is 4.27. The number of hydrogen-bond acceptors (Lipinski definition) is 5. The number of carbonyl (C=O) groups excluding carboxylic acids is 2. The van der Waals surface area contributed by atoms with Gasteiger partial charge in [-0.2, -0.15) is 0 Å². The summed E-state index contributed by atoms with van der Waals surface area (Å²) < 4.78 is 9.52. The average molecular weight is 245 g/mol. The maximum atomic E-state index is 11.6.